The smallest absolute Gasteiger partial charge is 0.0558 e. The molecule has 2 saturated heterocycles. The molecule has 2 rings (SSSR count). The molecule has 1 spiro atoms. The highest BCUT2D eigenvalue weighted by Gasteiger charge is 2.46. The largest absolute Gasteiger partial charge is 0.395 e. The standard InChI is InChI=1S/C10H20N2O/c1-2-11-4-3-10(7-11)8-12(9-10)5-6-13/h13H,2-9H2,1H3. The molecule has 0 unspecified atom stereocenters. The van der Waals surface area contributed by atoms with E-state index in [1.54, 1.807) is 0 Å². The Morgan fingerprint density at radius 1 is 1.23 bits per heavy atom. The lowest BCUT2D eigenvalue weighted by Crippen LogP contribution is -2.58. The van der Waals surface area contributed by atoms with Crippen LogP contribution in [0.1, 0.15) is 13.3 Å². The average Bonchev–Trinajstić information content (AvgIpc) is 2.48. The van der Waals surface area contributed by atoms with Gasteiger partial charge in [-0.1, -0.05) is 6.92 Å². The SMILES string of the molecule is CCN1CCC2(C1)CN(CCO)C2. The van der Waals surface area contributed by atoms with Gasteiger partial charge in [0.05, 0.1) is 6.61 Å². The van der Waals surface area contributed by atoms with E-state index < -0.39 is 0 Å². The fourth-order valence-corrected chi connectivity index (χ4v) is 2.76. The second kappa shape index (κ2) is 3.56. The molecule has 3 nitrogen and oxygen atoms in total. The van der Waals surface area contributed by atoms with Gasteiger partial charge in [-0.05, 0) is 19.5 Å². The molecule has 13 heavy (non-hydrogen) atoms. The number of β-amino-alcohol motifs (C(OH)–C–C–N with tert-alkyl or cyclic N) is 1. The van der Waals surface area contributed by atoms with Gasteiger partial charge in [0, 0.05) is 31.6 Å². The van der Waals surface area contributed by atoms with E-state index in [1.165, 1.54) is 39.1 Å². The molecule has 0 saturated carbocycles. The van der Waals surface area contributed by atoms with Crippen molar-refractivity contribution < 1.29 is 5.11 Å². The van der Waals surface area contributed by atoms with E-state index in [2.05, 4.69) is 16.7 Å². The highest BCUT2D eigenvalue weighted by molar-refractivity contribution is 5.00. The summed E-state index contributed by atoms with van der Waals surface area (Å²) in [4.78, 5) is 4.90. The molecule has 0 atom stereocenters. The molecule has 2 aliphatic rings. The highest BCUT2D eigenvalue weighted by atomic mass is 16.3. The van der Waals surface area contributed by atoms with Gasteiger partial charge in [-0.15, -0.1) is 0 Å². The Bertz CT molecular complexity index is 178. The number of aliphatic hydroxyl groups is 1. The maximum atomic E-state index is 8.78. The van der Waals surface area contributed by atoms with Crippen molar-refractivity contribution in [3.8, 4) is 0 Å². The van der Waals surface area contributed by atoms with Crippen molar-refractivity contribution in [1.82, 2.24) is 9.80 Å². The number of hydrogen-bond acceptors (Lipinski definition) is 3. The maximum absolute atomic E-state index is 8.78. The summed E-state index contributed by atoms with van der Waals surface area (Å²) in [5, 5.41) is 8.78. The van der Waals surface area contributed by atoms with Gasteiger partial charge < -0.3 is 10.0 Å². The molecular formula is C10H20N2O. The highest BCUT2D eigenvalue weighted by Crippen LogP contribution is 2.38. The average molecular weight is 184 g/mol. The number of hydrogen-bond donors (Lipinski definition) is 1. The van der Waals surface area contributed by atoms with Crippen molar-refractivity contribution in [2.45, 2.75) is 13.3 Å². The van der Waals surface area contributed by atoms with Crippen LogP contribution in [0.15, 0.2) is 0 Å². The van der Waals surface area contributed by atoms with Crippen LogP contribution in [0, 0.1) is 5.41 Å². The summed E-state index contributed by atoms with van der Waals surface area (Å²) in [5.74, 6) is 0. The van der Waals surface area contributed by atoms with Crippen molar-refractivity contribution in [1.29, 1.82) is 0 Å². The zero-order valence-electron chi connectivity index (χ0n) is 8.50. The third kappa shape index (κ3) is 1.73. The summed E-state index contributed by atoms with van der Waals surface area (Å²) in [5.41, 5.74) is 0.602. The van der Waals surface area contributed by atoms with Crippen molar-refractivity contribution in [2.24, 2.45) is 5.41 Å². The van der Waals surface area contributed by atoms with Crippen molar-refractivity contribution in [2.75, 3.05) is 45.9 Å². The van der Waals surface area contributed by atoms with Crippen molar-refractivity contribution in [3.63, 3.8) is 0 Å². The van der Waals surface area contributed by atoms with E-state index in [0.29, 0.717) is 12.0 Å². The van der Waals surface area contributed by atoms with Crippen LogP contribution in [0.3, 0.4) is 0 Å². The van der Waals surface area contributed by atoms with E-state index in [1.807, 2.05) is 0 Å². The minimum atomic E-state index is 0.313. The third-order valence-corrected chi connectivity index (χ3v) is 3.50. The molecule has 2 aliphatic heterocycles. The first kappa shape index (κ1) is 9.44. The van der Waals surface area contributed by atoms with E-state index in [0.717, 1.165) is 6.54 Å². The Balaban J connectivity index is 1.78. The van der Waals surface area contributed by atoms with Crippen LogP contribution < -0.4 is 0 Å². The Morgan fingerprint density at radius 2 is 1.92 bits per heavy atom. The molecule has 0 amide bonds. The number of likely N-dealkylation sites (tertiary alicyclic amines) is 2. The Morgan fingerprint density at radius 3 is 2.46 bits per heavy atom. The number of nitrogens with zero attached hydrogens (tertiary/aromatic N) is 2. The molecule has 0 aromatic heterocycles. The molecule has 2 fully saturated rings. The molecule has 3 heteroatoms. The zero-order valence-corrected chi connectivity index (χ0v) is 8.50. The van der Waals surface area contributed by atoms with Crippen LogP contribution in [0.25, 0.3) is 0 Å². The van der Waals surface area contributed by atoms with Gasteiger partial charge in [0.25, 0.3) is 0 Å². The van der Waals surface area contributed by atoms with Gasteiger partial charge in [-0.2, -0.15) is 0 Å². The van der Waals surface area contributed by atoms with Gasteiger partial charge in [0.2, 0.25) is 0 Å². The summed E-state index contributed by atoms with van der Waals surface area (Å²) in [6.07, 6.45) is 1.36. The van der Waals surface area contributed by atoms with Gasteiger partial charge in [-0.3, -0.25) is 4.90 Å². The maximum Gasteiger partial charge on any atom is 0.0558 e. The van der Waals surface area contributed by atoms with Crippen LogP contribution >= 0.6 is 0 Å². The predicted octanol–water partition coefficient (Wildman–Crippen LogP) is 0.00630. The third-order valence-electron chi connectivity index (χ3n) is 3.50. The summed E-state index contributed by atoms with van der Waals surface area (Å²) in [6.45, 7) is 9.61. The molecule has 0 aliphatic carbocycles. The molecule has 2 heterocycles. The summed E-state index contributed by atoms with van der Waals surface area (Å²) < 4.78 is 0. The minimum Gasteiger partial charge on any atom is -0.395 e. The number of aliphatic hydroxyl groups excluding tert-OH is 1. The Labute approximate surface area is 80.3 Å². The summed E-state index contributed by atoms with van der Waals surface area (Å²) >= 11 is 0. The monoisotopic (exact) mass is 184 g/mol. The second-order valence-electron chi connectivity index (χ2n) is 4.55. The minimum absolute atomic E-state index is 0.313. The van der Waals surface area contributed by atoms with Crippen LogP contribution in [0.5, 0.6) is 0 Å². The lowest BCUT2D eigenvalue weighted by molar-refractivity contribution is -0.00126. The van der Waals surface area contributed by atoms with E-state index in [9.17, 15) is 0 Å². The molecule has 0 aromatic rings. The molecule has 1 N–H and O–H groups in total. The number of rotatable bonds is 3. The molecule has 0 aromatic carbocycles. The first-order valence-corrected chi connectivity index (χ1v) is 5.33. The normalized spacial score (nSPS) is 28.2. The summed E-state index contributed by atoms with van der Waals surface area (Å²) in [7, 11) is 0. The summed E-state index contributed by atoms with van der Waals surface area (Å²) in [6, 6.07) is 0. The van der Waals surface area contributed by atoms with E-state index >= 15 is 0 Å². The van der Waals surface area contributed by atoms with E-state index in [-0.39, 0.29) is 0 Å². The fraction of sp³-hybridized carbons (Fsp3) is 1.00. The molecule has 0 radical (unpaired) electrons. The van der Waals surface area contributed by atoms with E-state index in [4.69, 9.17) is 5.11 Å². The van der Waals surface area contributed by atoms with Gasteiger partial charge in [-0.25, -0.2) is 0 Å². The Kier molecular flexibility index (Phi) is 2.58. The van der Waals surface area contributed by atoms with Crippen LogP contribution in [-0.4, -0.2) is 60.8 Å². The first-order chi connectivity index (χ1) is 6.28. The van der Waals surface area contributed by atoms with Crippen LogP contribution in [0.4, 0.5) is 0 Å². The lowest BCUT2D eigenvalue weighted by Gasteiger charge is -2.48. The lowest BCUT2D eigenvalue weighted by atomic mass is 9.79. The molecular weight excluding hydrogens is 164 g/mol. The van der Waals surface area contributed by atoms with Crippen LogP contribution in [0.2, 0.25) is 0 Å². The van der Waals surface area contributed by atoms with Crippen molar-refractivity contribution in [3.05, 3.63) is 0 Å². The van der Waals surface area contributed by atoms with Crippen molar-refractivity contribution >= 4 is 0 Å². The van der Waals surface area contributed by atoms with Gasteiger partial charge in [0.15, 0.2) is 0 Å². The Hall–Kier alpha value is -0.120. The molecule has 76 valence electrons. The van der Waals surface area contributed by atoms with Crippen LogP contribution in [-0.2, 0) is 0 Å². The topological polar surface area (TPSA) is 26.7 Å². The quantitative estimate of drug-likeness (QED) is 0.669. The predicted molar refractivity (Wildman–Crippen MR) is 52.7 cm³/mol. The van der Waals surface area contributed by atoms with Gasteiger partial charge in [0.1, 0.15) is 0 Å². The second-order valence-corrected chi connectivity index (χ2v) is 4.55. The van der Waals surface area contributed by atoms with Gasteiger partial charge >= 0.3 is 0 Å². The fourth-order valence-electron chi connectivity index (χ4n) is 2.76. The zero-order chi connectivity index (χ0) is 9.31. The molecule has 0 bridgehead atoms. The first-order valence-electron chi connectivity index (χ1n) is 5.33.